The van der Waals surface area contributed by atoms with Crippen LogP contribution in [0.5, 0.6) is 0 Å². The minimum Gasteiger partial charge on any atom is -0.481 e. The molecule has 1 unspecified atom stereocenters. The first-order valence-electron chi connectivity index (χ1n) is 8.50. The van der Waals surface area contributed by atoms with Crippen molar-refractivity contribution < 1.29 is 14.7 Å². The van der Waals surface area contributed by atoms with Gasteiger partial charge in [-0.05, 0) is 55.5 Å². The van der Waals surface area contributed by atoms with Gasteiger partial charge in [-0.3, -0.25) is 14.6 Å². The number of aliphatic carboxylic acids is 1. The van der Waals surface area contributed by atoms with Crippen LogP contribution in [0.4, 0.5) is 0 Å². The van der Waals surface area contributed by atoms with Crippen molar-refractivity contribution in [2.24, 2.45) is 5.92 Å². The molecule has 1 aliphatic rings. The number of carboxylic acids is 1. The number of aryl methyl sites for hydroxylation is 2. The second-order valence-electron chi connectivity index (χ2n) is 6.71. The third kappa shape index (κ3) is 3.71. The zero-order chi connectivity index (χ0) is 18.0. The number of nitrogens with zero attached hydrogens (tertiary/aromatic N) is 2. The number of rotatable bonds is 3. The molecule has 5 nitrogen and oxygen atoms in total. The van der Waals surface area contributed by atoms with Crippen molar-refractivity contribution in [3.63, 3.8) is 0 Å². The molecule has 1 aromatic heterocycles. The first-order valence-corrected chi connectivity index (χ1v) is 8.50. The van der Waals surface area contributed by atoms with Crippen molar-refractivity contribution in [3.05, 3.63) is 53.3 Å². The molecule has 0 aliphatic carbocycles. The van der Waals surface area contributed by atoms with Crippen molar-refractivity contribution in [1.82, 2.24) is 9.88 Å². The highest BCUT2D eigenvalue weighted by molar-refractivity contribution is 5.96. The molecule has 25 heavy (non-hydrogen) atoms. The predicted octanol–water partition coefficient (Wildman–Crippen LogP) is 3.30. The SMILES string of the molecule is Cc1cncc(-c2ccc(C(=O)N3CCCC(C(=O)O)C3)c(C)c2)c1. The predicted molar refractivity (Wildman–Crippen MR) is 95.4 cm³/mol. The van der Waals surface area contributed by atoms with Crippen LogP contribution in [0.3, 0.4) is 0 Å². The van der Waals surface area contributed by atoms with Crippen LogP contribution in [-0.2, 0) is 4.79 Å². The standard InChI is InChI=1S/C20H22N2O3/c1-13-8-17(11-21-10-13)15-5-6-18(14(2)9-15)19(23)22-7-3-4-16(12-22)20(24)25/h5-6,8-11,16H,3-4,7,12H2,1-2H3,(H,24,25). The molecule has 1 aliphatic heterocycles. The highest BCUT2D eigenvalue weighted by Crippen LogP contribution is 2.25. The number of carbonyl (C=O) groups is 2. The summed E-state index contributed by atoms with van der Waals surface area (Å²) in [5, 5.41) is 9.20. The molecule has 1 aromatic carbocycles. The number of aromatic nitrogens is 1. The Hall–Kier alpha value is -2.69. The van der Waals surface area contributed by atoms with Crippen LogP contribution in [0.2, 0.25) is 0 Å². The highest BCUT2D eigenvalue weighted by atomic mass is 16.4. The van der Waals surface area contributed by atoms with Gasteiger partial charge in [-0.15, -0.1) is 0 Å². The van der Waals surface area contributed by atoms with Crippen LogP contribution in [0, 0.1) is 19.8 Å². The number of pyridine rings is 1. The third-order valence-electron chi connectivity index (χ3n) is 4.72. The lowest BCUT2D eigenvalue weighted by molar-refractivity contribution is -0.143. The molecule has 2 heterocycles. The average molecular weight is 338 g/mol. The Balaban J connectivity index is 1.83. The van der Waals surface area contributed by atoms with Crippen LogP contribution >= 0.6 is 0 Å². The maximum atomic E-state index is 12.8. The largest absolute Gasteiger partial charge is 0.481 e. The maximum Gasteiger partial charge on any atom is 0.308 e. The van der Waals surface area contributed by atoms with Crippen molar-refractivity contribution in [2.45, 2.75) is 26.7 Å². The summed E-state index contributed by atoms with van der Waals surface area (Å²) in [4.78, 5) is 29.9. The third-order valence-corrected chi connectivity index (χ3v) is 4.72. The smallest absolute Gasteiger partial charge is 0.308 e. The second-order valence-corrected chi connectivity index (χ2v) is 6.71. The van der Waals surface area contributed by atoms with Crippen molar-refractivity contribution >= 4 is 11.9 Å². The van der Waals surface area contributed by atoms with E-state index in [2.05, 4.69) is 11.1 Å². The van der Waals surface area contributed by atoms with Gasteiger partial charge in [0.15, 0.2) is 0 Å². The quantitative estimate of drug-likeness (QED) is 0.932. The zero-order valence-corrected chi connectivity index (χ0v) is 14.5. The van der Waals surface area contributed by atoms with Gasteiger partial charge in [0.2, 0.25) is 0 Å². The van der Waals surface area contributed by atoms with Gasteiger partial charge in [-0.25, -0.2) is 0 Å². The fourth-order valence-electron chi connectivity index (χ4n) is 3.33. The van der Waals surface area contributed by atoms with Gasteiger partial charge in [0, 0.05) is 36.6 Å². The molecule has 0 saturated carbocycles. The molecule has 1 fully saturated rings. The number of carbonyl (C=O) groups excluding carboxylic acids is 1. The van der Waals surface area contributed by atoms with E-state index in [1.165, 1.54) is 0 Å². The first kappa shape index (κ1) is 17.1. The van der Waals surface area contributed by atoms with E-state index < -0.39 is 11.9 Å². The van der Waals surface area contributed by atoms with Crippen LogP contribution in [0.15, 0.2) is 36.7 Å². The molecule has 1 amide bonds. The van der Waals surface area contributed by atoms with Gasteiger partial charge in [-0.2, -0.15) is 0 Å². The Kier molecular flexibility index (Phi) is 4.83. The monoisotopic (exact) mass is 338 g/mol. The summed E-state index contributed by atoms with van der Waals surface area (Å²) in [5.41, 5.74) is 4.65. The number of likely N-dealkylation sites (tertiary alicyclic amines) is 1. The maximum absolute atomic E-state index is 12.8. The summed E-state index contributed by atoms with van der Waals surface area (Å²) >= 11 is 0. The van der Waals surface area contributed by atoms with Crippen LogP contribution in [-0.4, -0.2) is 40.0 Å². The molecule has 0 spiro atoms. The van der Waals surface area contributed by atoms with Gasteiger partial charge in [-0.1, -0.05) is 12.1 Å². The number of carboxylic acid groups (broad SMARTS) is 1. The van der Waals surface area contributed by atoms with Crippen LogP contribution in [0.1, 0.15) is 34.3 Å². The van der Waals surface area contributed by atoms with Crippen molar-refractivity contribution in [1.29, 1.82) is 0 Å². The Bertz CT molecular complexity index is 816. The van der Waals surface area contributed by atoms with E-state index in [4.69, 9.17) is 0 Å². The van der Waals surface area contributed by atoms with E-state index in [0.29, 0.717) is 18.5 Å². The average Bonchev–Trinajstić information content (AvgIpc) is 2.61. The molecule has 1 N–H and O–H groups in total. The summed E-state index contributed by atoms with van der Waals surface area (Å²) in [6.45, 7) is 4.82. The van der Waals surface area contributed by atoms with Crippen LogP contribution in [0.25, 0.3) is 11.1 Å². The van der Waals surface area contributed by atoms with Gasteiger partial charge >= 0.3 is 5.97 Å². The lowest BCUT2D eigenvalue weighted by atomic mass is 9.96. The topological polar surface area (TPSA) is 70.5 Å². The van der Waals surface area contributed by atoms with E-state index in [-0.39, 0.29) is 12.5 Å². The van der Waals surface area contributed by atoms with Gasteiger partial charge in [0.25, 0.3) is 5.91 Å². The first-order chi connectivity index (χ1) is 12.0. The number of benzene rings is 1. The number of amides is 1. The van der Waals surface area contributed by atoms with Crippen molar-refractivity contribution in [2.75, 3.05) is 13.1 Å². The molecule has 5 heteroatoms. The number of hydrogen-bond donors (Lipinski definition) is 1. The minimum atomic E-state index is -0.823. The Morgan fingerprint density at radius 3 is 2.64 bits per heavy atom. The zero-order valence-electron chi connectivity index (χ0n) is 14.5. The van der Waals surface area contributed by atoms with E-state index in [1.807, 2.05) is 44.4 Å². The summed E-state index contributed by atoms with van der Waals surface area (Å²) in [5.74, 6) is -1.37. The highest BCUT2D eigenvalue weighted by Gasteiger charge is 2.29. The van der Waals surface area contributed by atoms with Gasteiger partial charge in [0.1, 0.15) is 0 Å². The van der Waals surface area contributed by atoms with E-state index in [1.54, 1.807) is 4.90 Å². The molecule has 1 saturated heterocycles. The fraction of sp³-hybridized carbons (Fsp3) is 0.350. The number of piperidine rings is 1. The Morgan fingerprint density at radius 1 is 1.16 bits per heavy atom. The normalized spacial score (nSPS) is 17.4. The van der Waals surface area contributed by atoms with Gasteiger partial charge < -0.3 is 10.0 Å². The summed E-state index contributed by atoms with van der Waals surface area (Å²) in [6, 6.07) is 7.81. The summed E-state index contributed by atoms with van der Waals surface area (Å²) in [6.07, 6.45) is 4.99. The van der Waals surface area contributed by atoms with E-state index in [0.717, 1.165) is 28.7 Å². The molecule has 0 bridgehead atoms. The van der Waals surface area contributed by atoms with Gasteiger partial charge in [0.05, 0.1) is 5.92 Å². The number of hydrogen-bond acceptors (Lipinski definition) is 3. The fourth-order valence-corrected chi connectivity index (χ4v) is 3.33. The van der Waals surface area contributed by atoms with Crippen LogP contribution < -0.4 is 0 Å². The molecule has 3 rings (SSSR count). The lowest BCUT2D eigenvalue weighted by Crippen LogP contribution is -2.42. The minimum absolute atomic E-state index is 0.0858. The molecule has 0 radical (unpaired) electrons. The molecule has 2 aromatic rings. The van der Waals surface area contributed by atoms with E-state index >= 15 is 0 Å². The molecular weight excluding hydrogens is 316 g/mol. The summed E-state index contributed by atoms with van der Waals surface area (Å²) < 4.78 is 0. The Morgan fingerprint density at radius 2 is 1.96 bits per heavy atom. The van der Waals surface area contributed by atoms with Crippen molar-refractivity contribution in [3.8, 4) is 11.1 Å². The lowest BCUT2D eigenvalue weighted by Gasteiger charge is -2.31. The molecule has 130 valence electrons. The Labute approximate surface area is 147 Å². The summed E-state index contributed by atoms with van der Waals surface area (Å²) in [7, 11) is 0. The molecular formula is C20H22N2O3. The second kappa shape index (κ2) is 7.05. The molecule has 1 atom stereocenters. The van der Waals surface area contributed by atoms with E-state index in [9.17, 15) is 14.7 Å².